The first kappa shape index (κ1) is 24.6. The summed E-state index contributed by atoms with van der Waals surface area (Å²) in [6.45, 7) is 3.50. The third-order valence-corrected chi connectivity index (χ3v) is 7.18. The Labute approximate surface area is 210 Å². The predicted octanol–water partition coefficient (Wildman–Crippen LogP) is 0.965. The number of hydrogen-bond donors (Lipinski definition) is 1. The van der Waals surface area contributed by atoms with Crippen LogP contribution in [0.5, 0.6) is 0 Å². The predicted molar refractivity (Wildman–Crippen MR) is 131 cm³/mol. The molecule has 10 heteroatoms. The van der Waals surface area contributed by atoms with E-state index in [1.165, 1.54) is 24.3 Å². The Hall–Kier alpha value is -3.08. The van der Waals surface area contributed by atoms with E-state index in [4.69, 9.17) is 9.47 Å². The summed E-state index contributed by atoms with van der Waals surface area (Å²) in [5.74, 6) is -0.186. The molecule has 10 nitrogen and oxygen atoms in total. The lowest BCUT2D eigenvalue weighted by molar-refractivity contribution is -0.155. The van der Waals surface area contributed by atoms with Crippen molar-refractivity contribution in [3.8, 4) is 0 Å². The van der Waals surface area contributed by atoms with Gasteiger partial charge in [0.2, 0.25) is 5.91 Å². The van der Waals surface area contributed by atoms with E-state index in [9.17, 15) is 14.7 Å². The van der Waals surface area contributed by atoms with Gasteiger partial charge in [-0.25, -0.2) is 4.98 Å². The molecule has 2 aromatic rings. The van der Waals surface area contributed by atoms with Crippen LogP contribution in [0.25, 0.3) is 0 Å². The van der Waals surface area contributed by atoms with Crippen LogP contribution in [0.15, 0.2) is 48.9 Å². The number of benzene rings is 1. The van der Waals surface area contributed by atoms with Crippen molar-refractivity contribution in [2.75, 3.05) is 50.8 Å². The Morgan fingerprint density at radius 2 is 1.83 bits per heavy atom. The van der Waals surface area contributed by atoms with Crippen LogP contribution in [0.4, 0.5) is 5.69 Å². The normalized spacial score (nSPS) is 27.1. The number of hydrogen-bond acceptors (Lipinski definition) is 8. The van der Waals surface area contributed by atoms with Gasteiger partial charge in [-0.3, -0.25) is 14.6 Å². The fraction of sp³-hybridized carbons (Fsp3) is 0.538. The number of fused-ring (bicyclic) bond motifs is 1. The number of ether oxygens (including phenoxy) is 2. The molecule has 3 saturated heterocycles. The second kappa shape index (κ2) is 11.3. The summed E-state index contributed by atoms with van der Waals surface area (Å²) in [6.07, 6.45) is 4.66. The number of piperazine rings is 1. The lowest BCUT2D eigenvalue weighted by Gasteiger charge is -2.44. The van der Waals surface area contributed by atoms with E-state index in [1.54, 1.807) is 4.90 Å². The van der Waals surface area contributed by atoms with Gasteiger partial charge in [-0.2, -0.15) is 0 Å². The van der Waals surface area contributed by atoms with E-state index in [1.807, 2.05) is 23.1 Å². The van der Waals surface area contributed by atoms with Crippen LogP contribution in [0.1, 0.15) is 29.8 Å². The molecular weight excluding hydrogens is 462 g/mol. The molecule has 2 amide bonds. The average Bonchev–Trinajstić information content (AvgIpc) is 2.92. The molecule has 1 aromatic heterocycles. The quantitative estimate of drug-likeness (QED) is 0.669. The van der Waals surface area contributed by atoms with E-state index in [2.05, 4.69) is 27.0 Å². The first-order valence-corrected chi connectivity index (χ1v) is 12.6. The average molecular weight is 496 g/mol. The van der Waals surface area contributed by atoms with E-state index >= 15 is 0 Å². The molecule has 0 bridgehead atoms. The van der Waals surface area contributed by atoms with Gasteiger partial charge in [-0.15, -0.1) is 0 Å². The summed E-state index contributed by atoms with van der Waals surface area (Å²) in [4.78, 5) is 40.3. The number of rotatable bonds is 4. The first-order chi connectivity index (χ1) is 17.6. The van der Waals surface area contributed by atoms with Gasteiger partial charge in [0.15, 0.2) is 0 Å². The molecule has 3 aliphatic heterocycles. The zero-order chi connectivity index (χ0) is 24.9. The molecule has 0 aliphatic carbocycles. The number of amides is 2. The Morgan fingerprint density at radius 1 is 1.03 bits per heavy atom. The van der Waals surface area contributed by atoms with Gasteiger partial charge in [-0.1, -0.05) is 18.2 Å². The Kier molecular flexibility index (Phi) is 7.74. The summed E-state index contributed by atoms with van der Waals surface area (Å²) in [7, 11) is 0. The van der Waals surface area contributed by atoms with Crippen molar-refractivity contribution in [2.24, 2.45) is 0 Å². The van der Waals surface area contributed by atoms with Crippen molar-refractivity contribution in [3.63, 3.8) is 0 Å². The van der Waals surface area contributed by atoms with E-state index < -0.39 is 6.10 Å². The molecule has 192 valence electrons. The van der Waals surface area contributed by atoms with Crippen LogP contribution in [0, 0.1) is 0 Å². The zero-order valence-corrected chi connectivity index (χ0v) is 20.3. The molecule has 0 unspecified atom stereocenters. The fourth-order valence-corrected chi connectivity index (χ4v) is 5.31. The summed E-state index contributed by atoms with van der Waals surface area (Å²) in [6, 6.07) is 9.99. The Bertz CT molecular complexity index is 1020. The number of carbonyl (C=O) groups excluding carboxylic acids is 2. The number of β-amino-alcohol motifs (C(OH)–C–C–N with tert-alkyl or cyclic N) is 1. The van der Waals surface area contributed by atoms with Crippen molar-refractivity contribution in [3.05, 3.63) is 54.6 Å². The molecule has 4 atom stereocenters. The summed E-state index contributed by atoms with van der Waals surface area (Å²) < 4.78 is 12.0. The van der Waals surface area contributed by atoms with Gasteiger partial charge in [0.1, 0.15) is 11.8 Å². The minimum Gasteiger partial charge on any atom is -0.389 e. The highest BCUT2D eigenvalue weighted by Crippen LogP contribution is 2.29. The maximum absolute atomic E-state index is 13.2. The highest BCUT2D eigenvalue weighted by Gasteiger charge is 2.41. The van der Waals surface area contributed by atoms with Gasteiger partial charge in [-0.05, 0) is 25.0 Å². The molecule has 0 saturated carbocycles. The Morgan fingerprint density at radius 3 is 2.58 bits per heavy atom. The molecule has 1 N–H and O–H groups in total. The van der Waals surface area contributed by atoms with Gasteiger partial charge < -0.3 is 29.3 Å². The number of para-hydroxylation sites is 1. The van der Waals surface area contributed by atoms with Crippen LogP contribution < -0.4 is 4.90 Å². The van der Waals surface area contributed by atoms with Crippen LogP contribution in [-0.2, 0) is 14.3 Å². The van der Waals surface area contributed by atoms with Gasteiger partial charge in [0.05, 0.1) is 44.1 Å². The number of aromatic nitrogens is 2. The van der Waals surface area contributed by atoms with E-state index in [0.29, 0.717) is 32.4 Å². The number of carbonyl (C=O) groups is 2. The smallest absolute Gasteiger partial charge is 0.274 e. The van der Waals surface area contributed by atoms with Crippen LogP contribution >= 0.6 is 0 Å². The Balaban J connectivity index is 1.18. The molecule has 0 spiro atoms. The van der Waals surface area contributed by atoms with Crippen molar-refractivity contribution in [1.82, 2.24) is 19.8 Å². The van der Waals surface area contributed by atoms with Crippen LogP contribution in [0.2, 0.25) is 0 Å². The fourth-order valence-electron chi connectivity index (χ4n) is 5.31. The molecule has 3 aliphatic rings. The largest absolute Gasteiger partial charge is 0.389 e. The molecule has 36 heavy (non-hydrogen) atoms. The lowest BCUT2D eigenvalue weighted by Crippen LogP contribution is -2.58. The number of aliphatic hydroxyl groups excluding tert-OH is 1. The molecular formula is C26H33N5O5. The van der Waals surface area contributed by atoms with Crippen molar-refractivity contribution >= 4 is 17.5 Å². The highest BCUT2D eigenvalue weighted by atomic mass is 16.5. The van der Waals surface area contributed by atoms with Crippen LogP contribution in [0.3, 0.4) is 0 Å². The number of nitrogens with zero attached hydrogens (tertiary/aromatic N) is 5. The third kappa shape index (κ3) is 5.66. The first-order valence-electron chi connectivity index (χ1n) is 12.6. The SMILES string of the molecule is O=C(C[C@H]1CC[C@@H]2[C@H](COC[C@H](O)CN2C(=O)c2cnccn2)O1)N1CCN(c2ccccc2)CC1. The minimum atomic E-state index is -0.791. The number of aliphatic hydroxyl groups is 1. The molecule has 3 fully saturated rings. The maximum Gasteiger partial charge on any atom is 0.274 e. The summed E-state index contributed by atoms with van der Waals surface area (Å²) in [5.41, 5.74) is 1.41. The van der Waals surface area contributed by atoms with Crippen molar-refractivity contribution < 1.29 is 24.2 Å². The second-order valence-electron chi connectivity index (χ2n) is 9.59. The topological polar surface area (TPSA) is 108 Å². The lowest BCUT2D eigenvalue weighted by atomic mass is 9.94. The molecule has 4 heterocycles. The van der Waals surface area contributed by atoms with Crippen molar-refractivity contribution in [1.29, 1.82) is 0 Å². The summed E-state index contributed by atoms with van der Waals surface area (Å²) >= 11 is 0. The minimum absolute atomic E-state index is 0.0980. The van der Waals surface area contributed by atoms with E-state index in [-0.39, 0.29) is 55.5 Å². The second-order valence-corrected chi connectivity index (χ2v) is 9.59. The highest BCUT2D eigenvalue weighted by molar-refractivity contribution is 5.92. The molecule has 5 rings (SSSR count). The standard InChI is InChI=1S/C26H33N5O5/c32-20-16-31(26(34)22-15-27-8-9-28-22)23-7-6-21(36-24(23)18-35-17-20)14-25(33)30-12-10-29(11-13-30)19-4-2-1-3-5-19/h1-5,8-9,15,20-21,23-24,32H,6-7,10-14,16-18H2/t20-,21-,23-,24+/m1/s1. The monoisotopic (exact) mass is 495 g/mol. The zero-order valence-electron chi connectivity index (χ0n) is 20.3. The van der Waals surface area contributed by atoms with E-state index in [0.717, 1.165) is 13.1 Å². The molecule has 1 aromatic carbocycles. The van der Waals surface area contributed by atoms with Gasteiger partial charge in [0.25, 0.3) is 5.91 Å². The van der Waals surface area contributed by atoms with Crippen LogP contribution in [-0.4, -0.2) is 107 Å². The third-order valence-electron chi connectivity index (χ3n) is 7.18. The maximum atomic E-state index is 13.2. The summed E-state index contributed by atoms with van der Waals surface area (Å²) in [5, 5.41) is 10.3. The van der Waals surface area contributed by atoms with Gasteiger partial charge >= 0.3 is 0 Å². The molecule has 0 radical (unpaired) electrons. The van der Waals surface area contributed by atoms with Gasteiger partial charge in [0, 0.05) is 50.8 Å². The number of anilines is 1. The van der Waals surface area contributed by atoms with Crippen molar-refractivity contribution in [2.45, 2.75) is 43.6 Å².